The van der Waals surface area contributed by atoms with Crippen LogP contribution < -0.4 is 0 Å². The molecule has 0 spiro atoms. The molecule has 4 nitrogen and oxygen atoms in total. The summed E-state index contributed by atoms with van der Waals surface area (Å²) in [4.78, 5) is 0. The van der Waals surface area contributed by atoms with Crippen LogP contribution in [0.3, 0.4) is 0 Å². The van der Waals surface area contributed by atoms with E-state index in [1.54, 1.807) is 11.4 Å². The number of ether oxygens (including phenoxy) is 1. The van der Waals surface area contributed by atoms with Gasteiger partial charge < -0.3 is 4.74 Å². The Kier molecular flexibility index (Phi) is 6.99. The zero-order chi connectivity index (χ0) is 12.7. The smallest absolute Gasteiger partial charge is 0.214 e. The molecule has 17 heavy (non-hydrogen) atoms. The second-order valence-electron chi connectivity index (χ2n) is 4.40. The Bertz CT molecular complexity index is 308. The van der Waals surface area contributed by atoms with E-state index in [0.717, 1.165) is 31.0 Å². The van der Waals surface area contributed by atoms with E-state index in [4.69, 9.17) is 4.74 Å². The number of methoxy groups -OCH3 is 1. The molecule has 0 aromatic rings. The zero-order valence-corrected chi connectivity index (χ0v) is 12.8. The van der Waals surface area contributed by atoms with Crippen molar-refractivity contribution in [1.82, 2.24) is 4.31 Å². The normalized spacial score (nSPS) is 22.1. The molecule has 0 saturated carbocycles. The average Bonchev–Trinajstić information content (AvgIpc) is 2.75. The molecular weight excluding hydrogens is 306 g/mol. The van der Waals surface area contributed by atoms with E-state index in [9.17, 15) is 8.42 Å². The van der Waals surface area contributed by atoms with Gasteiger partial charge in [0.15, 0.2) is 0 Å². The Labute approximate surface area is 113 Å². The van der Waals surface area contributed by atoms with Crippen LogP contribution in [-0.2, 0) is 14.8 Å². The van der Waals surface area contributed by atoms with E-state index in [1.165, 1.54) is 0 Å². The molecule has 0 aromatic heterocycles. The highest BCUT2D eigenvalue weighted by molar-refractivity contribution is 9.09. The van der Waals surface area contributed by atoms with Gasteiger partial charge in [0.25, 0.3) is 0 Å². The molecule has 1 saturated heterocycles. The fraction of sp³-hybridized carbons (Fsp3) is 1.00. The molecule has 1 rings (SSSR count). The van der Waals surface area contributed by atoms with Crippen LogP contribution in [0.2, 0.25) is 0 Å². The SMILES string of the molecule is COCCCS(=O)(=O)N1CCCC1CCCBr. The molecule has 1 aliphatic heterocycles. The number of alkyl halides is 1. The van der Waals surface area contributed by atoms with Crippen molar-refractivity contribution in [2.24, 2.45) is 0 Å². The number of hydrogen-bond acceptors (Lipinski definition) is 3. The summed E-state index contributed by atoms with van der Waals surface area (Å²) < 4.78 is 30.9. The Morgan fingerprint density at radius 2 is 2.18 bits per heavy atom. The van der Waals surface area contributed by atoms with Gasteiger partial charge in [-0.15, -0.1) is 0 Å². The third-order valence-electron chi connectivity index (χ3n) is 3.10. The number of halogens is 1. The van der Waals surface area contributed by atoms with Crippen LogP contribution in [0, 0.1) is 0 Å². The van der Waals surface area contributed by atoms with Crippen LogP contribution in [0.4, 0.5) is 0 Å². The summed E-state index contributed by atoms with van der Waals surface area (Å²) in [5.74, 6) is 0.214. The van der Waals surface area contributed by atoms with Gasteiger partial charge in [0.2, 0.25) is 10.0 Å². The summed E-state index contributed by atoms with van der Waals surface area (Å²) in [6.07, 6.45) is 4.59. The van der Waals surface area contributed by atoms with Crippen LogP contribution in [0.1, 0.15) is 32.1 Å². The second-order valence-corrected chi connectivity index (χ2v) is 7.23. The summed E-state index contributed by atoms with van der Waals surface area (Å²) in [6, 6.07) is 0.222. The van der Waals surface area contributed by atoms with Crippen molar-refractivity contribution in [3.8, 4) is 0 Å². The molecule has 1 aliphatic rings. The van der Waals surface area contributed by atoms with Gasteiger partial charge >= 0.3 is 0 Å². The minimum Gasteiger partial charge on any atom is -0.385 e. The largest absolute Gasteiger partial charge is 0.385 e. The molecule has 0 aliphatic carbocycles. The quantitative estimate of drug-likeness (QED) is 0.506. The van der Waals surface area contributed by atoms with Crippen molar-refractivity contribution in [2.45, 2.75) is 38.1 Å². The van der Waals surface area contributed by atoms with E-state index in [1.807, 2.05) is 0 Å². The zero-order valence-electron chi connectivity index (χ0n) is 10.4. The van der Waals surface area contributed by atoms with Crippen molar-refractivity contribution in [3.63, 3.8) is 0 Å². The van der Waals surface area contributed by atoms with Crippen LogP contribution in [0.25, 0.3) is 0 Å². The lowest BCUT2D eigenvalue weighted by Gasteiger charge is -2.23. The minimum absolute atomic E-state index is 0.214. The lowest BCUT2D eigenvalue weighted by atomic mass is 10.1. The number of hydrogen-bond donors (Lipinski definition) is 0. The van der Waals surface area contributed by atoms with Crippen molar-refractivity contribution in [3.05, 3.63) is 0 Å². The first-order valence-corrected chi connectivity index (χ1v) is 8.89. The van der Waals surface area contributed by atoms with Crippen molar-refractivity contribution in [2.75, 3.05) is 31.3 Å². The summed E-state index contributed by atoms with van der Waals surface area (Å²) in [6.45, 7) is 1.21. The van der Waals surface area contributed by atoms with Gasteiger partial charge in [-0.3, -0.25) is 0 Å². The van der Waals surface area contributed by atoms with E-state index < -0.39 is 10.0 Å². The molecule has 0 amide bonds. The van der Waals surface area contributed by atoms with Crippen LogP contribution >= 0.6 is 15.9 Å². The molecule has 0 N–H and O–H groups in total. The maximum atomic E-state index is 12.1. The molecule has 1 fully saturated rings. The summed E-state index contributed by atoms with van der Waals surface area (Å²) in [5, 5.41) is 0.945. The van der Waals surface area contributed by atoms with Gasteiger partial charge in [-0.25, -0.2) is 8.42 Å². The Morgan fingerprint density at radius 1 is 1.41 bits per heavy atom. The standard InChI is InChI=1S/C11H22BrNO3S/c1-16-9-4-10-17(14,15)13-8-3-6-11(13)5-2-7-12/h11H,2-10H2,1H3. The van der Waals surface area contributed by atoms with Crippen LogP contribution in [0.15, 0.2) is 0 Å². The third kappa shape index (κ3) is 4.85. The van der Waals surface area contributed by atoms with Gasteiger partial charge in [-0.05, 0) is 32.1 Å². The van der Waals surface area contributed by atoms with E-state index in [-0.39, 0.29) is 11.8 Å². The highest BCUT2D eigenvalue weighted by Gasteiger charge is 2.32. The average molecular weight is 328 g/mol. The fourth-order valence-electron chi connectivity index (χ4n) is 2.28. The van der Waals surface area contributed by atoms with Gasteiger partial charge in [0.05, 0.1) is 5.75 Å². The van der Waals surface area contributed by atoms with Crippen molar-refractivity contribution < 1.29 is 13.2 Å². The highest BCUT2D eigenvalue weighted by Crippen LogP contribution is 2.25. The number of nitrogens with zero attached hydrogens (tertiary/aromatic N) is 1. The Balaban J connectivity index is 2.50. The monoisotopic (exact) mass is 327 g/mol. The maximum Gasteiger partial charge on any atom is 0.214 e. The molecule has 1 unspecified atom stereocenters. The number of rotatable bonds is 8. The lowest BCUT2D eigenvalue weighted by molar-refractivity contribution is 0.199. The predicted molar refractivity (Wildman–Crippen MR) is 73.0 cm³/mol. The van der Waals surface area contributed by atoms with Crippen LogP contribution in [0.5, 0.6) is 0 Å². The molecule has 102 valence electrons. The minimum atomic E-state index is -3.07. The molecule has 0 bridgehead atoms. The fourth-order valence-corrected chi connectivity index (χ4v) is 4.39. The van der Waals surface area contributed by atoms with Crippen LogP contribution in [-0.4, -0.2) is 50.1 Å². The number of sulfonamides is 1. The molecule has 6 heteroatoms. The molecule has 0 aromatic carbocycles. The third-order valence-corrected chi connectivity index (χ3v) is 5.66. The summed E-state index contributed by atoms with van der Waals surface area (Å²) in [7, 11) is -1.48. The van der Waals surface area contributed by atoms with Gasteiger partial charge in [-0.1, -0.05) is 15.9 Å². The van der Waals surface area contributed by atoms with Gasteiger partial charge in [-0.2, -0.15) is 4.31 Å². The Hall–Kier alpha value is 0.350. The molecule has 0 radical (unpaired) electrons. The topological polar surface area (TPSA) is 46.6 Å². The van der Waals surface area contributed by atoms with Gasteiger partial charge in [0, 0.05) is 31.6 Å². The lowest BCUT2D eigenvalue weighted by Crippen LogP contribution is -2.37. The summed E-state index contributed by atoms with van der Waals surface area (Å²) >= 11 is 3.39. The van der Waals surface area contributed by atoms with Crippen molar-refractivity contribution in [1.29, 1.82) is 0 Å². The first kappa shape index (κ1) is 15.4. The second kappa shape index (κ2) is 7.71. The predicted octanol–water partition coefficient (Wildman–Crippen LogP) is 1.99. The molecule has 1 atom stereocenters. The summed E-state index contributed by atoms with van der Waals surface area (Å²) in [5.41, 5.74) is 0. The molecule has 1 heterocycles. The van der Waals surface area contributed by atoms with E-state index in [0.29, 0.717) is 19.6 Å². The maximum absolute atomic E-state index is 12.1. The van der Waals surface area contributed by atoms with E-state index >= 15 is 0 Å². The highest BCUT2D eigenvalue weighted by atomic mass is 79.9. The first-order valence-electron chi connectivity index (χ1n) is 6.16. The van der Waals surface area contributed by atoms with Gasteiger partial charge in [0.1, 0.15) is 0 Å². The Morgan fingerprint density at radius 3 is 2.82 bits per heavy atom. The first-order chi connectivity index (χ1) is 8.11. The van der Waals surface area contributed by atoms with Crippen molar-refractivity contribution >= 4 is 26.0 Å². The molecular formula is C11H22BrNO3S. The van der Waals surface area contributed by atoms with E-state index in [2.05, 4.69) is 15.9 Å².